The molecule has 1 heterocycles. The van der Waals surface area contributed by atoms with E-state index in [0.717, 1.165) is 6.07 Å². The molecule has 0 aliphatic heterocycles. The fourth-order valence-electron chi connectivity index (χ4n) is 1.31. The van der Waals surface area contributed by atoms with E-state index in [4.69, 9.17) is 4.74 Å². The zero-order valence-corrected chi connectivity index (χ0v) is 10.4. The molecule has 1 aromatic heterocycles. The van der Waals surface area contributed by atoms with Crippen molar-refractivity contribution in [2.24, 2.45) is 0 Å². The Morgan fingerprint density at radius 3 is 2.83 bits per heavy atom. The first-order valence-electron chi connectivity index (χ1n) is 4.79. The third-order valence-corrected chi connectivity index (χ3v) is 2.48. The molecule has 0 saturated heterocycles. The Kier molecular flexibility index (Phi) is 3.52. The molecule has 0 saturated carbocycles. The van der Waals surface area contributed by atoms with E-state index in [1.807, 2.05) is 0 Å². The van der Waals surface area contributed by atoms with Crippen LogP contribution in [0.2, 0.25) is 0 Å². The van der Waals surface area contributed by atoms with Gasteiger partial charge in [-0.15, -0.1) is 0 Å². The normalized spacial score (nSPS) is 10.1. The number of nitro benzene ring substituents is 1. The maximum absolute atomic E-state index is 13.5. The van der Waals surface area contributed by atoms with Crippen molar-refractivity contribution < 1.29 is 14.1 Å². The van der Waals surface area contributed by atoms with Gasteiger partial charge in [-0.05, 0) is 28.1 Å². The number of pyridine rings is 1. The lowest BCUT2D eigenvalue weighted by Crippen LogP contribution is -1.96. The highest BCUT2D eigenvalue weighted by Gasteiger charge is 2.20. The first-order chi connectivity index (χ1) is 8.58. The molecule has 5 nitrogen and oxygen atoms in total. The third kappa shape index (κ3) is 2.62. The summed E-state index contributed by atoms with van der Waals surface area (Å²) in [5.74, 6) is -1.02. The van der Waals surface area contributed by atoms with E-state index in [9.17, 15) is 14.5 Å². The molecule has 1 aromatic carbocycles. The molecule has 0 amide bonds. The Hall–Kier alpha value is -2.02. The number of benzene rings is 1. The Morgan fingerprint density at radius 1 is 1.39 bits per heavy atom. The predicted molar refractivity (Wildman–Crippen MR) is 65.1 cm³/mol. The number of para-hydroxylation sites is 1. The maximum atomic E-state index is 13.5. The molecule has 0 spiro atoms. The van der Waals surface area contributed by atoms with E-state index >= 15 is 0 Å². The van der Waals surface area contributed by atoms with E-state index in [0.29, 0.717) is 4.47 Å². The molecule has 7 heteroatoms. The molecule has 2 rings (SSSR count). The second-order valence-electron chi connectivity index (χ2n) is 3.29. The summed E-state index contributed by atoms with van der Waals surface area (Å²) < 4.78 is 19.3. The summed E-state index contributed by atoms with van der Waals surface area (Å²) in [7, 11) is 0. The number of aromatic nitrogens is 1. The predicted octanol–water partition coefficient (Wildman–Crippen LogP) is 3.68. The summed E-state index contributed by atoms with van der Waals surface area (Å²) >= 11 is 3.17. The molecule has 0 fully saturated rings. The number of nitrogens with zero attached hydrogens (tertiary/aromatic N) is 2. The van der Waals surface area contributed by atoms with Crippen LogP contribution < -0.4 is 4.74 Å². The Balaban J connectivity index is 2.42. The van der Waals surface area contributed by atoms with E-state index in [2.05, 4.69) is 20.9 Å². The molecule has 18 heavy (non-hydrogen) atoms. The minimum absolute atomic E-state index is 0.206. The number of nitro groups is 1. The zero-order chi connectivity index (χ0) is 13.1. The summed E-state index contributed by atoms with van der Waals surface area (Å²) in [6.07, 6.45) is 2.85. The summed E-state index contributed by atoms with van der Waals surface area (Å²) in [6, 6.07) is 5.04. The lowest BCUT2D eigenvalue weighted by atomic mass is 10.3. The van der Waals surface area contributed by atoms with Crippen LogP contribution in [0.3, 0.4) is 0 Å². The number of hydrogen-bond acceptors (Lipinski definition) is 4. The highest BCUT2D eigenvalue weighted by Crippen LogP contribution is 2.34. The van der Waals surface area contributed by atoms with Gasteiger partial charge in [0.2, 0.25) is 5.75 Å². The van der Waals surface area contributed by atoms with Crippen LogP contribution in [0.1, 0.15) is 0 Å². The molecule has 0 atom stereocenters. The number of ether oxygens (including phenoxy) is 1. The van der Waals surface area contributed by atoms with Gasteiger partial charge in [0.05, 0.1) is 11.1 Å². The molecule has 0 bridgehead atoms. The van der Waals surface area contributed by atoms with Crippen LogP contribution in [-0.2, 0) is 0 Å². The van der Waals surface area contributed by atoms with Gasteiger partial charge in [-0.2, -0.15) is 0 Å². The molecule has 0 aliphatic rings. The van der Waals surface area contributed by atoms with Gasteiger partial charge >= 0.3 is 5.69 Å². The van der Waals surface area contributed by atoms with Crippen LogP contribution in [0.5, 0.6) is 11.5 Å². The van der Waals surface area contributed by atoms with Crippen molar-refractivity contribution in [3.05, 3.63) is 57.1 Å². The van der Waals surface area contributed by atoms with Crippen molar-refractivity contribution in [2.75, 3.05) is 0 Å². The van der Waals surface area contributed by atoms with Crippen molar-refractivity contribution >= 4 is 21.6 Å². The van der Waals surface area contributed by atoms with E-state index in [1.165, 1.54) is 30.6 Å². The van der Waals surface area contributed by atoms with Gasteiger partial charge < -0.3 is 4.74 Å². The first kappa shape index (κ1) is 12.4. The van der Waals surface area contributed by atoms with Gasteiger partial charge in [-0.25, -0.2) is 4.39 Å². The number of hydrogen-bond donors (Lipinski definition) is 0. The SMILES string of the molecule is O=[N+]([O-])c1cccc(F)c1Oc1cncc(Br)c1. The summed E-state index contributed by atoms with van der Waals surface area (Å²) in [5.41, 5.74) is -0.435. The second-order valence-corrected chi connectivity index (χ2v) is 4.20. The third-order valence-electron chi connectivity index (χ3n) is 2.04. The monoisotopic (exact) mass is 312 g/mol. The van der Waals surface area contributed by atoms with Crippen LogP contribution in [0.15, 0.2) is 41.1 Å². The molecule has 2 aromatic rings. The van der Waals surface area contributed by atoms with Crippen LogP contribution in [0.4, 0.5) is 10.1 Å². The quantitative estimate of drug-likeness (QED) is 0.640. The highest BCUT2D eigenvalue weighted by atomic mass is 79.9. The van der Waals surface area contributed by atoms with Gasteiger partial charge in [-0.3, -0.25) is 15.1 Å². The molecule has 0 unspecified atom stereocenters. The average Bonchev–Trinajstić information content (AvgIpc) is 2.31. The minimum atomic E-state index is -0.802. The lowest BCUT2D eigenvalue weighted by molar-refractivity contribution is -0.385. The molecule has 0 aliphatic carbocycles. The van der Waals surface area contributed by atoms with Gasteiger partial charge in [-0.1, -0.05) is 6.07 Å². The summed E-state index contributed by atoms with van der Waals surface area (Å²) in [4.78, 5) is 13.9. The van der Waals surface area contributed by atoms with Crippen molar-refractivity contribution in [3.63, 3.8) is 0 Å². The van der Waals surface area contributed by atoms with Crippen molar-refractivity contribution in [2.45, 2.75) is 0 Å². The maximum Gasteiger partial charge on any atom is 0.314 e. The summed E-state index contributed by atoms with van der Waals surface area (Å²) in [5, 5.41) is 10.8. The molecule has 92 valence electrons. The largest absolute Gasteiger partial charge is 0.445 e. The average molecular weight is 313 g/mol. The van der Waals surface area contributed by atoms with Gasteiger partial charge in [0.15, 0.2) is 5.82 Å². The zero-order valence-electron chi connectivity index (χ0n) is 8.84. The minimum Gasteiger partial charge on any atom is -0.445 e. The molecule has 0 N–H and O–H groups in total. The first-order valence-corrected chi connectivity index (χ1v) is 5.58. The topological polar surface area (TPSA) is 65.3 Å². The van der Waals surface area contributed by atoms with Gasteiger partial charge in [0.25, 0.3) is 0 Å². The fraction of sp³-hybridized carbons (Fsp3) is 0. The highest BCUT2D eigenvalue weighted by molar-refractivity contribution is 9.10. The standard InChI is InChI=1S/C11H6BrFN2O3/c12-7-4-8(6-14-5-7)18-11-9(13)2-1-3-10(11)15(16)17/h1-6H. The van der Waals surface area contributed by atoms with Crippen molar-refractivity contribution in [1.82, 2.24) is 4.98 Å². The number of rotatable bonds is 3. The van der Waals surface area contributed by atoms with E-state index in [-0.39, 0.29) is 5.75 Å². The van der Waals surface area contributed by atoms with E-state index < -0.39 is 22.2 Å². The van der Waals surface area contributed by atoms with Crippen LogP contribution in [0, 0.1) is 15.9 Å². The smallest absolute Gasteiger partial charge is 0.314 e. The Labute approximate surface area is 110 Å². The van der Waals surface area contributed by atoms with E-state index in [1.54, 1.807) is 0 Å². The fourth-order valence-corrected chi connectivity index (χ4v) is 1.65. The van der Waals surface area contributed by atoms with Gasteiger partial charge in [0, 0.05) is 16.7 Å². The van der Waals surface area contributed by atoms with Crippen LogP contribution in [-0.4, -0.2) is 9.91 Å². The lowest BCUT2D eigenvalue weighted by Gasteiger charge is -2.06. The molecular formula is C11H6BrFN2O3. The second kappa shape index (κ2) is 5.09. The number of halogens is 2. The van der Waals surface area contributed by atoms with Crippen molar-refractivity contribution in [1.29, 1.82) is 0 Å². The van der Waals surface area contributed by atoms with Crippen LogP contribution >= 0.6 is 15.9 Å². The van der Waals surface area contributed by atoms with Gasteiger partial charge in [0.1, 0.15) is 5.75 Å². The summed E-state index contributed by atoms with van der Waals surface area (Å²) in [6.45, 7) is 0. The molecule has 0 radical (unpaired) electrons. The van der Waals surface area contributed by atoms with Crippen LogP contribution in [0.25, 0.3) is 0 Å². The molecular weight excluding hydrogens is 307 g/mol. The Bertz CT molecular complexity index is 607. The Morgan fingerprint density at radius 2 is 2.17 bits per heavy atom. The van der Waals surface area contributed by atoms with Crippen molar-refractivity contribution in [3.8, 4) is 11.5 Å².